The molecule has 0 saturated carbocycles. The number of benzene rings is 2. The Morgan fingerprint density at radius 3 is 2.74 bits per heavy atom. The molecule has 1 saturated heterocycles. The number of rotatable bonds is 9. The number of morpholine rings is 1. The summed E-state index contributed by atoms with van der Waals surface area (Å²) in [4.78, 5) is 18.8. The predicted octanol–water partition coefficient (Wildman–Crippen LogP) is 3.16. The zero-order valence-corrected chi connectivity index (χ0v) is 18.9. The van der Waals surface area contributed by atoms with Crippen LogP contribution in [-0.2, 0) is 22.5 Å². The van der Waals surface area contributed by atoms with Crippen molar-refractivity contribution in [1.29, 1.82) is 0 Å². The zero-order chi connectivity index (χ0) is 23.8. The Balaban J connectivity index is 1.28. The number of hydrogen-bond donors (Lipinski definition) is 2. The van der Waals surface area contributed by atoms with Crippen LogP contribution in [-0.4, -0.2) is 60.4 Å². The summed E-state index contributed by atoms with van der Waals surface area (Å²) >= 11 is 0. The van der Waals surface area contributed by atoms with E-state index in [0.29, 0.717) is 29.2 Å². The number of nitrogens with one attached hydrogen (secondary N) is 1. The Kier molecular flexibility index (Phi) is 8.06. The van der Waals surface area contributed by atoms with Gasteiger partial charge in [0.25, 0.3) is 0 Å². The van der Waals surface area contributed by atoms with E-state index in [9.17, 15) is 14.3 Å². The molecule has 1 aliphatic rings. The minimum atomic E-state index is -0.333. The van der Waals surface area contributed by atoms with E-state index in [1.54, 1.807) is 36.5 Å². The topological polar surface area (TPSA) is 83.9 Å². The van der Waals surface area contributed by atoms with Gasteiger partial charge in [-0.15, -0.1) is 0 Å². The number of ether oxygens (including phenoxy) is 2. The van der Waals surface area contributed by atoms with Gasteiger partial charge in [-0.3, -0.25) is 14.7 Å². The molecule has 1 aliphatic heterocycles. The fourth-order valence-corrected chi connectivity index (χ4v) is 3.73. The molecule has 0 atom stereocenters. The number of phenols is 1. The van der Waals surface area contributed by atoms with Crippen molar-refractivity contribution in [3.8, 4) is 22.6 Å². The molecule has 7 nitrogen and oxygen atoms in total. The monoisotopic (exact) mass is 465 g/mol. The first-order valence-electron chi connectivity index (χ1n) is 11.3. The number of nitrogens with zero attached hydrogens (tertiary/aromatic N) is 2. The first-order valence-corrected chi connectivity index (χ1v) is 11.3. The molecule has 0 spiro atoms. The van der Waals surface area contributed by atoms with Gasteiger partial charge in [-0.2, -0.15) is 0 Å². The van der Waals surface area contributed by atoms with Crippen LogP contribution in [0.25, 0.3) is 11.1 Å². The van der Waals surface area contributed by atoms with Gasteiger partial charge in [-0.25, -0.2) is 4.39 Å². The number of carbonyl (C=O) groups excluding carboxylic acids is 1. The normalized spacial score (nSPS) is 14.0. The number of halogens is 1. The number of hydrogen-bond acceptors (Lipinski definition) is 6. The molecule has 0 bridgehead atoms. The molecule has 4 rings (SSSR count). The number of aromatic hydroxyl groups is 1. The minimum absolute atomic E-state index is 0.103. The van der Waals surface area contributed by atoms with Crippen LogP contribution in [0.15, 0.2) is 60.8 Å². The summed E-state index contributed by atoms with van der Waals surface area (Å²) in [6.45, 7) is 4.92. The van der Waals surface area contributed by atoms with Gasteiger partial charge in [0.1, 0.15) is 23.9 Å². The summed E-state index contributed by atoms with van der Waals surface area (Å²) in [5, 5.41) is 13.2. The Morgan fingerprint density at radius 1 is 1.15 bits per heavy atom. The highest BCUT2D eigenvalue weighted by atomic mass is 19.1. The minimum Gasteiger partial charge on any atom is -0.507 e. The Bertz CT molecular complexity index is 1100. The van der Waals surface area contributed by atoms with Crippen LogP contribution in [0.4, 0.5) is 4.39 Å². The predicted molar refractivity (Wildman–Crippen MR) is 126 cm³/mol. The third-order valence-corrected chi connectivity index (χ3v) is 5.61. The van der Waals surface area contributed by atoms with Crippen LogP contribution in [0, 0.1) is 5.82 Å². The molecule has 1 aromatic heterocycles. The number of pyridine rings is 1. The van der Waals surface area contributed by atoms with Crippen molar-refractivity contribution < 1.29 is 23.8 Å². The average Bonchev–Trinajstić information content (AvgIpc) is 2.84. The molecular weight excluding hydrogens is 437 g/mol. The standard InChI is InChI=1S/C26H28FN3O4/c27-21-3-1-2-19(14-21)17-29-26(32)15-22-5-4-20(18-28-22)24-7-6-23(16-25(24)31)34-13-10-30-8-11-33-12-9-30/h1-7,14,16,18,31H,8-13,15,17H2,(H,29,32). The molecule has 1 fully saturated rings. The van der Waals surface area contributed by atoms with E-state index < -0.39 is 0 Å². The van der Waals surface area contributed by atoms with Crippen LogP contribution in [0.5, 0.6) is 11.5 Å². The average molecular weight is 466 g/mol. The quantitative estimate of drug-likeness (QED) is 0.505. The number of carbonyl (C=O) groups is 1. The summed E-state index contributed by atoms with van der Waals surface area (Å²) in [6, 6.07) is 14.9. The second kappa shape index (κ2) is 11.6. The van der Waals surface area contributed by atoms with Crippen LogP contribution in [0.1, 0.15) is 11.3 Å². The van der Waals surface area contributed by atoms with Crippen LogP contribution >= 0.6 is 0 Å². The molecule has 178 valence electrons. The van der Waals surface area contributed by atoms with E-state index in [1.165, 1.54) is 12.1 Å². The van der Waals surface area contributed by atoms with E-state index in [0.717, 1.165) is 38.4 Å². The molecule has 34 heavy (non-hydrogen) atoms. The lowest BCUT2D eigenvalue weighted by atomic mass is 10.1. The van der Waals surface area contributed by atoms with Gasteiger partial charge in [0.05, 0.1) is 19.6 Å². The molecule has 2 N–H and O–H groups in total. The molecule has 1 amide bonds. The van der Waals surface area contributed by atoms with Gasteiger partial charge in [0.2, 0.25) is 5.91 Å². The van der Waals surface area contributed by atoms with Crippen molar-refractivity contribution >= 4 is 5.91 Å². The third-order valence-electron chi connectivity index (χ3n) is 5.61. The van der Waals surface area contributed by atoms with Gasteiger partial charge in [-0.05, 0) is 35.9 Å². The Labute approximate surface area is 198 Å². The highest BCUT2D eigenvalue weighted by Gasteiger charge is 2.11. The molecular formula is C26H28FN3O4. The Morgan fingerprint density at radius 2 is 2.00 bits per heavy atom. The first kappa shape index (κ1) is 23.7. The second-order valence-corrected chi connectivity index (χ2v) is 8.10. The van der Waals surface area contributed by atoms with Crippen molar-refractivity contribution in [2.24, 2.45) is 0 Å². The maximum atomic E-state index is 13.2. The van der Waals surface area contributed by atoms with Crippen LogP contribution in [0.2, 0.25) is 0 Å². The van der Waals surface area contributed by atoms with Crippen molar-refractivity contribution in [3.05, 3.63) is 77.9 Å². The van der Waals surface area contributed by atoms with E-state index in [1.807, 2.05) is 12.1 Å². The van der Waals surface area contributed by atoms with E-state index in [2.05, 4.69) is 15.2 Å². The fourth-order valence-electron chi connectivity index (χ4n) is 3.73. The summed E-state index contributed by atoms with van der Waals surface area (Å²) in [5.41, 5.74) is 2.67. The van der Waals surface area contributed by atoms with Gasteiger partial charge in [0.15, 0.2) is 0 Å². The lowest BCUT2D eigenvalue weighted by Gasteiger charge is -2.26. The van der Waals surface area contributed by atoms with Crippen molar-refractivity contribution in [1.82, 2.24) is 15.2 Å². The van der Waals surface area contributed by atoms with E-state index >= 15 is 0 Å². The summed E-state index contributed by atoms with van der Waals surface area (Å²) < 4.78 is 24.4. The van der Waals surface area contributed by atoms with Gasteiger partial charge in [-0.1, -0.05) is 18.2 Å². The molecule has 2 aromatic carbocycles. The van der Waals surface area contributed by atoms with Crippen LogP contribution in [0.3, 0.4) is 0 Å². The van der Waals surface area contributed by atoms with Crippen molar-refractivity contribution in [2.45, 2.75) is 13.0 Å². The number of amides is 1. The maximum Gasteiger partial charge on any atom is 0.226 e. The summed E-state index contributed by atoms with van der Waals surface area (Å²) in [7, 11) is 0. The lowest BCUT2D eigenvalue weighted by Crippen LogP contribution is -2.38. The number of aromatic nitrogens is 1. The van der Waals surface area contributed by atoms with Gasteiger partial charge in [0, 0.05) is 55.3 Å². The first-order chi connectivity index (χ1) is 16.6. The number of phenolic OH excluding ortho intramolecular Hbond substituents is 1. The molecule has 2 heterocycles. The summed E-state index contributed by atoms with van der Waals surface area (Å²) in [5.74, 6) is 0.172. The van der Waals surface area contributed by atoms with E-state index in [-0.39, 0.29) is 30.4 Å². The van der Waals surface area contributed by atoms with Gasteiger partial charge < -0.3 is 19.9 Å². The van der Waals surface area contributed by atoms with Crippen LogP contribution < -0.4 is 10.1 Å². The van der Waals surface area contributed by atoms with Gasteiger partial charge >= 0.3 is 0 Å². The molecule has 3 aromatic rings. The smallest absolute Gasteiger partial charge is 0.226 e. The van der Waals surface area contributed by atoms with Crippen molar-refractivity contribution in [2.75, 3.05) is 39.5 Å². The van der Waals surface area contributed by atoms with E-state index in [4.69, 9.17) is 9.47 Å². The highest BCUT2D eigenvalue weighted by Crippen LogP contribution is 2.32. The molecule has 0 aliphatic carbocycles. The largest absolute Gasteiger partial charge is 0.507 e. The fraction of sp³-hybridized carbons (Fsp3) is 0.308. The second-order valence-electron chi connectivity index (χ2n) is 8.10. The highest BCUT2D eigenvalue weighted by molar-refractivity contribution is 5.78. The third kappa shape index (κ3) is 6.76. The SMILES string of the molecule is O=C(Cc1ccc(-c2ccc(OCCN3CCOCC3)cc2O)cn1)NCc1cccc(F)c1. The zero-order valence-electron chi connectivity index (χ0n) is 18.9. The summed E-state index contributed by atoms with van der Waals surface area (Å²) in [6.07, 6.45) is 1.74. The Hall–Kier alpha value is -3.49. The molecule has 0 unspecified atom stereocenters. The molecule has 0 radical (unpaired) electrons. The lowest BCUT2D eigenvalue weighted by molar-refractivity contribution is -0.120. The molecule has 8 heteroatoms. The van der Waals surface area contributed by atoms with Crippen molar-refractivity contribution in [3.63, 3.8) is 0 Å². The maximum absolute atomic E-state index is 13.2.